The summed E-state index contributed by atoms with van der Waals surface area (Å²) in [6.07, 6.45) is 6.13. The Morgan fingerprint density at radius 1 is 1.12 bits per heavy atom. The summed E-state index contributed by atoms with van der Waals surface area (Å²) in [5.74, 6) is 1.82. The number of ether oxygens (including phenoxy) is 1. The molecule has 124 valence electrons. The van der Waals surface area contributed by atoms with E-state index in [2.05, 4.69) is 56.9 Å². The van der Waals surface area contributed by atoms with Crippen molar-refractivity contribution in [3.63, 3.8) is 0 Å². The number of hydrogen-bond acceptors (Lipinski definition) is 4. The number of aryl methyl sites for hydroxylation is 2. The molecule has 0 N–H and O–H groups in total. The third kappa shape index (κ3) is 2.82. The highest BCUT2D eigenvalue weighted by Gasteiger charge is 2.23. The van der Waals surface area contributed by atoms with Crippen molar-refractivity contribution < 1.29 is 4.74 Å². The smallest absolute Gasteiger partial charge is 0.225 e. The maximum atomic E-state index is 6.31. The second-order valence-electron chi connectivity index (χ2n) is 6.42. The molecule has 0 saturated carbocycles. The SMILES string of the molecule is Cc1ccnc(N2CCC(Oc3cccc4c3ccn4C)CC2)n1. The van der Waals surface area contributed by atoms with Crippen LogP contribution in [0.4, 0.5) is 5.95 Å². The summed E-state index contributed by atoms with van der Waals surface area (Å²) in [5, 5.41) is 1.18. The second-order valence-corrected chi connectivity index (χ2v) is 6.42. The van der Waals surface area contributed by atoms with Gasteiger partial charge in [-0.1, -0.05) is 6.07 Å². The summed E-state index contributed by atoms with van der Waals surface area (Å²) >= 11 is 0. The highest BCUT2D eigenvalue weighted by Crippen LogP contribution is 2.29. The molecule has 2 aromatic heterocycles. The standard InChI is InChI=1S/C19H22N4O/c1-14-6-10-20-19(21-14)23-12-7-15(8-13-23)24-18-5-3-4-17-16(18)9-11-22(17)2/h3-6,9-11,15H,7-8,12-13H2,1-2H3. The van der Waals surface area contributed by atoms with Crippen LogP contribution in [0.15, 0.2) is 42.7 Å². The predicted molar refractivity (Wildman–Crippen MR) is 95.6 cm³/mol. The summed E-state index contributed by atoms with van der Waals surface area (Å²) in [7, 11) is 2.06. The summed E-state index contributed by atoms with van der Waals surface area (Å²) in [6.45, 7) is 3.86. The van der Waals surface area contributed by atoms with Gasteiger partial charge < -0.3 is 14.2 Å². The van der Waals surface area contributed by atoms with Crippen LogP contribution in [0, 0.1) is 6.92 Å². The molecule has 1 aliphatic heterocycles. The average Bonchev–Trinajstić information content (AvgIpc) is 2.98. The van der Waals surface area contributed by atoms with E-state index >= 15 is 0 Å². The number of piperidine rings is 1. The minimum atomic E-state index is 0.247. The highest BCUT2D eigenvalue weighted by atomic mass is 16.5. The van der Waals surface area contributed by atoms with Gasteiger partial charge in [0, 0.05) is 56.5 Å². The summed E-state index contributed by atoms with van der Waals surface area (Å²) in [5.41, 5.74) is 2.22. The van der Waals surface area contributed by atoms with Crippen LogP contribution < -0.4 is 9.64 Å². The molecular weight excluding hydrogens is 300 g/mol. The Morgan fingerprint density at radius 3 is 2.75 bits per heavy atom. The van der Waals surface area contributed by atoms with Gasteiger partial charge in [0.05, 0.1) is 5.52 Å². The molecule has 1 saturated heterocycles. The molecule has 3 heterocycles. The number of fused-ring (bicyclic) bond motifs is 1. The molecule has 0 spiro atoms. The van der Waals surface area contributed by atoms with Crippen molar-refractivity contribution in [1.29, 1.82) is 0 Å². The summed E-state index contributed by atoms with van der Waals surface area (Å²) in [4.78, 5) is 11.2. The molecule has 0 radical (unpaired) electrons. The molecule has 1 fully saturated rings. The van der Waals surface area contributed by atoms with Gasteiger partial charge in [0.1, 0.15) is 11.9 Å². The van der Waals surface area contributed by atoms with Crippen molar-refractivity contribution in [2.45, 2.75) is 25.9 Å². The molecule has 3 aromatic rings. The summed E-state index contributed by atoms with van der Waals surface area (Å²) < 4.78 is 8.43. The molecule has 5 heteroatoms. The molecule has 0 unspecified atom stereocenters. The monoisotopic (exact) mass is 322 g/mol. The molecule has 4 rings (SSSR count). The number of anilines is 1. The summed E-state index contributed by atoms with van der Waals surface area (Å²) in [6, 6.07) is 10.3. The molecule has 24 heavy (non-hydrogen) atoms. The molecule has 1 aliphatic rings. The number of aromatic nitrogens is 3. The lowest BCUT2D eigenvalue weighted by atomic mass is 10.1. The van der Waals surface area contributed by atoms with Crippen molar-refractivity contribution >= 4 is 16.9 Å². The molecular formula is C19H22N4O. The number of benzene rings is 1. The van der Waals surface area contributed by atoms with E-state index in [4.69, 9.17) is 4.74 Å². The maximum absolute atomic E-state index is 6.31. The molecule has 0 amide bonds. The normalized spacial score (nSPS) is 15.8. The number of nitrogens with zero attached hydrogens (tertiary/aromatic N) is 4. The van der Waals surface area contributed by atoms with Gasteiger partial charge >= 0.3 is 0 Å². The lowest BCUT2D eigenvalue weighted by molar-refractivity contribution is 0.172. The van der Waals surface area contributed by atoms with E-state index in [1.54, 1.807) is 0 Å². The topological polar surface area (TPSA) is 43.2 Å². The van der Waals surface area contributed by atoms with E-state index in [1.807, 2.05) is 19.2 Å². The fraction of sp³-hybridized carbons (Fsp3) is 0.368. The molecule has 0 aliphatic carbocycles. The van der Waals surface area contributed by atoms with Gasteiger partial charge in [-0.05, 0) is 31.2 Å². The van der Waals surface area contributed by atoms with Crippen molar-refractivity contribution in [1.82, 2.24) is 14.5 Å². The Bertz CT molecular complexity index is 849. The van der Waals surface area contributed by atoms with Gasteiger partial charge in [-0.2, -0.15) is 0 Å². The largest absolute Gasteiger partial charge is 0.490 e. The van der Waals surface area contributed by atoms with Crippen LogP contribution in [0.3, 0.4) is 0 Å². The number of hydrogen-bond donors (Lipinski definition) is 0. The molecule has 0 bridgehead atoms. The van der Waals surface area contributed by atoms with Crippen LogP contribution in [-0.4, -0.2) is 33.7 Å². The molecule has 0 atom stereocenters. The zero-order valence-electron chi connectivity index (χ0n) is 14.1. The van der Waals surface area contributed by atoms with Crippen LogP contribution >= 0.6 is 0 Å². The Balaban J connectivity index is 1.44. The van der Waals surface area contributed by atoms with Gasteiger partial charge in [-0.15, -0.1) is 0 Å². The van der Waals surface area contributed by atoms with Crippen LogP contribution in [0.5, 0.6) is 5.75 Å². The van der Waals surface area contributed by atoms with E-state index in [9.17, 15) is 0 Å². The van der Waals surface area contributed by atoms with E-state index in [-0.39, 0.29) is 6.10 Å². The van der Waals surface area contributed by atoms with Gasteiger partial charge in [0.25, 0.3) is 0 Å². The Morgan fingerprint density at radius 2 is 1.96 bits per heavy atom. The third-order valence-electron chi connectivity index (χ3n) is 4.69. The number of rotatable bonds is 3. The third-order valence-corrected chi connectivity index (χ3v) is 4.69. The van der Waals surface area contributed by atoms with E-state index < -0.39 is 0 Å². The van der Waals surface area contributed by atoms with Crippen molar-refractivity contribution in [2.75, 3.05) is 18.0 Å². The minimum Gasteiger partial charge on any atom is -0.490 e. The first-order valence-corrected chi connectivity index (χ1v) is 8.46. The van der Waals surface area contributed by atoms with Gasteiger partial charge in [-0.25, -0.2) is 9.97 Å². The first-order valence-electron chi connectivity index (χ1n) is 8.46. The zero-order valence-corrected chi connectivity index (χ0v) is 14.1. The molecule has 1 aromatic carbocycles. The van der Waals surface area contributed by atoms with Crippen LogP contribution in [0.1, 0.15) is 18.5 Å². The van der Waals surface area contributed by atoms with E-state index in [1.165, 1.54) is 10.9 Å². The second kappa shape index (κ2) is 6.15. The van der Waals surface area contributed by atoms with Crippen molar-refractivity contribution in [3.8, 4) is 5.75 Å². The first-order chi connectivity index (χ1) is 11.7. The van der Waals surface area contributed by atoms with E-state index in [0.29, 0.717) is 0 Å². The average molecular weight is 322 g/mol. The lowest BCUT2D eigenvalue weighted by Crippen LogP contribution is -2.39. The predicted octanol–water partition coefficient (Wildman–Crippen LogP) is 3.32. The maximum Gasteiger partial charge on any atom is 0.225 e. The fourth-order valence-electron chi connectivity index (χ4n) is 3.32. The van der Waals surface area contributed by atoms with Gasteiger partial charge in [0.15, 0.2) is 0 Å². The van der Waals surface area contributed by atoms with E-state index in [0.717, 1.165) is 43.3 Å². The van der Waals surface area contributed by atoms with Gasteiger partial charge in [0.2, 0.25) is 5.95 Å². The van der Waals surface area contributed by atoms with Gasteiger partial charge in [-0.3, -0.25) is 0 Å². The van der Waals surface area contributed by atoms with Crippen LogP contribution in [-0.2, 0) is 7.05 Å². The quantitative estimate of drug-likeness (QED) is 0.742. The van der Waals surface area contributed by atoms with Crippen LogP contribution in [0.2, 0.25) is 0 Å². The Hall–Kier alpha value is -2.56. The Kier molecular flexibility index (Phi) is 3.84. The van der Waals surface area contributed by atoms with Crippen molar-refractivity contribution in [2.24, 2.45) is 7.05 Å². The first kappa shape index (κ1) is 15.0. The minimum absolute atomic E-state index is 0.247. The lowest BCUT2D eigenvalue weighted by Gasteiger charge is -2.32. The van der Waals surface area contributed by atoms with Crippen LogP contribution in [0.25, 0.3) is 10.9 Å². The Labute approximate surface area is 141 Å². The zero-order chi connectivity index (χ0) is 16.5. The van der Waals surface area contributed by atoms with Crippen molar-refractivity contribution in [3.05, 3.63) is 48.4 Å². The fourth-order valence-corrected chi connectivity index (χ4v) is 3.32. The molecule has 5 nitrogen and oxygen atoms in total. The highest BCUT2D eigenvalue weighted by molar-refractivity contribution is 5.86.